The maximum absolute atomic E-state index is 13.4. The first-order valence-electron chi connectivity index (χ1n) is 15.4. The van der Waals surface area contributed by atoms with Crippen LogP contribution in [0.2, 0.25) is 0 Å². The Labute approximate surface area is 281 Å². The van der Waals surface area contributed by atoms with E-state index in [1.54, 1.807) is 45.0 Å². The van der Waals surface area contributed by atoms with Gasteiger partial charge in [0.05, 0.1) is 59.9 Å². The van der Waals surface area contributed by atoms with Crippen molar-refractivity contribution in [2.75, 3.05) is 61.3 Å². The van der Waals surface area contributed by atoms with Gasteiger partial charge in [-0.3, -0.25) is 0 Å². The Hall–Kier alpha value is -3.51. The number of esters is 2. The molecule has 0 heterocycles. The SMILES string of the molecule is COc1cc(C(=O)OC(CCCOc2cc(C(=O)OC(C)(C)C)cc(OC)c2OC)CCOS(C)(C)C(C)(C)C)cc(OC)c1OC. The van der Waals surface area contributed by atoms with Crippen LogP contribution >= 0.6 is 10.3 Å². The van der Waals surface area contributed by atoms with Gasteiger partial charge in [0.25, 0.3) is 0 Å². The van der Waals surface area contributed by atoms with Crippen LogP contribution in [-0.2, 0) is 13.7 Å². The second-order valence-electron chi connectivity index (χ2n) is 13.1. The molecule has 2 rings (SSSR count). The van der Waals surface area contributed by atoms with Gasteiger partial charge >= 0.3 is 11.9 Å². The Morgan fingerprint density at radius 3 is 1.57 bits per heavy atom. The summed E-state index contributed by atoms with van der Waals surface area (Å²) in [5.41, 5.74) is -0.142. The van der Waals surface area contributed by atoms with Gasteiger partial charge in [0, 0.05) is 11.2 Å². The molecule has 2 aromatic carbocycles. The number of ether oxygens (including phenoxy) is 8. The quantitative estimate of drug-likeness (QED) is 0.124. The molecule has 0 aromatic heterocycles. The molecule has 0 aliphatic rings. The molecular formula is C35H54O11S. The maximum Gasteiger partial charge on any atom is 0.338 e. The number of carbonyl (C=O) groups excluding carboxylic acids is 2. The molecule has 0 saturated heterocycles. The molecule has 0 amide bonds. The molecular weight excluding hydrogens is 628 g/mol. The number of hydrogen-bond donors (Lipinski definition) is 0. The monoisotopic (exact) mass is 682 g/mol. The summed E-state index contributed by atoms with van der Waals surface area (Å²) in [6.45, 7) is 12.5. The highest BCUT2D eigenvalue weighted by atomic mass is 32.3. The number of hydrogen-bond acceptors (Lipinski definition) is 11. The zero-order chi connectivity index (χ0) is 35.6. The Kier molecular flexibility index (Phi) is 14.4. The van der Waals surface area contributed by atoms with Crippen molar-refractivity contribution in [1.82, 2.24) is 0 Å². The third kappa shape index (κ3) is 11.3. The summed E-state index contributed by atoms with van der Waals surface area (Å²) in [6.07, 6.45) is 5.26. The Morgan fingerprint density at radius 1 is 0.660 bits per heavy atom. The van der Waals surface area contributed by atoms with Crippen molar-refractivity contribution >= 4 is 22.2 Å². The van der Waals surface area contributed by atoms with E-state index < -0.39 is 34.0 Å². The molecule has 0 bridgehead atoms. The summed E-state index contributed by atoms with van der Waals surface area (Å²) >= 11 is 0. The predicted octanol–water partition coefficient (Wildman–Crippen LogP) is 7.25. The zero-order valence-corrected chi connectivity index (χ0v) is 31.1. The first-order chi connectivity index (χ1) is 21.9. The molecule has 0 radical (unpaired) electrons. The normalized spacial score (nSPS) is 12.9. The minimum atomic E-state index is -1.37. The van der Waals surface area contributed by atoms with Gasteiger partial charge in [-0.2, -0.15) is 0 Å². The minimum absolute atomic E-state index is 0.0167. The first kappa shape index (κ1) is 39.7. The smallest absolute Gasteiger partial charge is 0.338 e. The second-order valence-corrected chi connectivity index (χ2v) is 17.0. The molecule has 1 unspecified atom stereocenters. The second kappa shape index (κ2) is 17.1. The van der Waals surface area contributed by atoms with Crippen LogP contribution < -0.4 is 28.4 Å². The molecule has 12 heteroatoms. The highest BCUT2D eigenvalue weighted by Gasteiger charge is 2.29. The average molecular weight is 683 g/mol. The topological polar surface area (TPSA) is 117 Å². The molecule has 266 valence electrons. The lowest BCUT2D eigenvalue weighted by Gasteiger charge is -2.43. The van der Waals surface area contributed by atoms with E-state index in [1.807, 2.05) is 0 Å². The highest BCUT2D eigenvalue weighted by Crippen LogP contribution is 2.53. The van der Waals surface area contributed by atoms with E-state index in [-0.39, 0.29) is 22.5 Å². The summed E-state index contributed by atoms with van der Waals surface area (Å²) < 4.78 is 51.2. The largest absolute Gasteiger partial charge is 0.493 e. The fourth-order valence-corrected chi connectivity index (χ4v) is 5.10. The van der Waals surface area contributed by atoms with Crippen LogP contribution in [0.15, 0.2) is 24.3 Å². The summed E-state index contributed by atoms with van der Waals surface area (Å²) in [5.74, 6) is 1.05. The molecule has 0 N–H and O–H groups in total. The van der Waals surface area contributed by atoms with Crippen molar-refractivity contribution in [2.24, 2.45) is 0 Å². The maximum atomic E-state index is 13.4. The van der Waals surface area contributed by atoms with Crippen molar-refractivity contribution in [3.05, 3.63) is 35.4 Å². The average Bonchev–Trinajstić information content (AvgIpc) is 2.99. The van der Waals surface area contributed by atoms with Crippen molar-refractivity contribution < 1.29 is 51.7 Å². The lowest BCUT2D eigenvalue weighted by molar-refractivity contribution is 0.00681. The van der Waals surface area contributed by atoms with E-state index >= 15 is 0 Å². The van der Waals surface area contributed by atoms with Crippen LogP contribution in [0, 0.1) is 0 Å². The van der Waals surface area contributed by atoms with E-state index in [0.29, 0.717) is 60.4 Å². The van der Waals surface area contributed by atoms with Crippen molar-refractivity contribution in [1.29, 1.82) is 0 Å². The lowest BCUT2D eigenvalue weighted by Crippen LogP contribution is -2.27. The van der Waals surface area contributed by atoms with Crippen LogP contribution in [0.3, 0.4) is 0 Å². The van der Waals surface area contributed by atoms with Crippen LogP contribution in [0.4, 0.5) is 0 Å². The zero-order valence-electron chi connectivity index (χ0n) is 30.3. The number of carbonyl (C=O) groups is 2. The van der Waals surface area contributed by atoms with Crippen LogP contribution in [0.5, 0.6) is 34.5 Å². The van der Waals surface area contributed by atoms with Gasteiger partial charge in [0.15, 0.2) is 23.0 Å². The third-order valence-electron chi connectivity index (χ3n) is 7.47. The van der Waals surface area contributed by atoms with Gasteiger partial charge in [-0.25, -0.2) is 9.59 Å². The van der Waals surface area contributed by atoms with E-state index in [4.69, 9.17) is 42.1 Å². The van der Waals surface area contributed by atoms with Gasteiger partial charge < -0.3 is 42.1 Å². The van der Waals surface area contributed by atoms with Gasteiger partial charge in [0.1, 0.15) is 11.7 Å². The highest BCUT2D eigenvalue weighted by molar-refractivity contribution is 8.29. The molecule has 47 heavy (non-hydrogen) atoms. The lowest BCUT2D eigenvalue weighted by atomic mass is 10.1. The van der Waals surface area contributed by atoms with E-state index in [1.165, 1.54) is 35.5 Å². The van der Waals surface area contributed by atoms with Gasteiger partial charge in [0.2, 0.25) is 11.5 Å². The number of benzene rings is 2. The summed E-state index contributed by atoms with van der Waals surface area (Å²) in [4.78, 5) is 26.2. The predicted molar refractivity (Wildman–Crippen MR) is 185 cm³/mol. The first-order valence-corrected chi connectivity index (χ1v) is 17.8. The Bertz CT molecular complexity index is 1320. The molecule has 0 aliphatic carbocycles. The third-order valence-corrected chi connectivity index (χ3v) is 11.2. The van der Waals surface area contributed by atoms with Gasteiger partial charge in [-0.1, -0.05) is 20.8 Å². The van der Waals surface area contributed by atoms with E-state index in [0.717, 1.165) is 0 Å². The summed E-state index contributed by atoms with van der Waals surface area (Å²) in [5, 5.41) is 0. The summed E-state index contributed by atoms with van der Waals surface area (Å²) in [7, 11) is 6.08. The molecule has 11 nitrogen and oxygen atoms in total. The Balaban J connectivity index is 2.25. The van der Waals surface area contributed by atoms with Gasteiger partial charge in [-0.15, -0.1) is 10.3 Å². The van der Waals surface area contributed by atoms with E-state index in [2.05, 4.69) is 33.3 Å². The number of rotatable bonds is 17. The molecule has 0 saturated carbocycles. The van der Waals surface area contributed by atoms with Crippen LogP contribution in [0.25, 0.3) is 0 Å². The molecule has 2 aromatic rings. The van der Waals surface area contributed by atoms with Crippen LogP contribution in [-0.4, -0.2) is 89.7 Å². The summed E-state index contributed by atoms with van der Waals surface area (Å²) in [6, 6.07) is 6.25. The van der Waals surface area contributed by atoms with Crippen molar-refractivity contribution in [3.8, 4) is 34.5 Å². The van der Waals surface area contributed by atoms with Crippen molar-refractivity contribution in [3.63, 3.8) is 0 Å². The molecule has 0 spiro atoms. The van der Waals surface area contributed by atoms with Crippen LogP contribution in [0.1, 0.15) is 81.5 Å². The standard InChI is InChI=1S/C35H54O11S/c1-34(2,3)46-33(37)24-21-28(40-9)31(42-11)29(22-24)43-17-14-15-25(16-18-44-47(12,13)35(4,5)6)45-32(36)23-19-26(38-7)30(41-10)27(20-23)39-8/h19-22,25H,14-18H2,1-13H3. The van der Waals surface area contributed by atoms with E-state index in [9.17, 15) is 9.59 Å². The van der Waals surface area contributed by atoms with Gasteiger partial charge in [-0.05, 0) is 70.4 Å². The molecule has 0 aliphatic heterocycles. The fraction of sp³-hybridized carbons (Fsp3) is 0.600. The fourth-order valence-electron chi connectivity index (χ4n) is 4.23. The number of methoxy groups -OCH3 is 5. The van der Waals surface area contributed by atoms with Crippen molar-refractivity contribution in [2.45, 2.75) is 77.3 Å². The molecule has 0 fully saturated rings. The Morgan fingerprint density at radius 2 is 1.13 bits per heavy atom. The minimum Gasteiger partial charge on any atom is -0.493 e. The molecule has 1 atom stereocenters.